The second kappa shape index (κ2) is 5.43. The van der Waals surface area contributed by atoms with Gasteiger partial charge in [0.15, 0.2) is 0 Å². The van der Waals surface area contributed by atoms with E-state index < -0.39 is 0 Å². The lowest BCUT2D eigenvalue weighted by Gasteiger charge is -2.32. The number of hydrogen-bond donors (Lipinski definition) is 1. The molecular weight excluding hydrogens is 206 g/mol. The number of likely N-dealkylation sites (N-methyl/N-ethyl adjacent to an activating group) is 1. The van der Waals surface area contributed by atoms with E-state index in [0.29, 0.717) is 0 Å². The topological polar surface area (TPSA) is 50.5 Å². The first-order valence-electron chi connectivity index (χ1n) is 5.77. The summed E-state index contributed by atoms with van der Waals surface area (Å²) in [6.07, 6.45) is 3.65. The summed E-state index contributed by atoms with van der Waals surface area (Å²) < 4.78 is 7.67. The van der Waals surface area contributed by atoms with Crippen LogP contribution in [0.4, 0.5) is 0 Å². The van der Waals surface area contributed by atoms with Gasteiger partial charge in [-0.2, -0.15) is 0 Å². The summed E-state index contributed by atoms with van der Waals surface area (Å²) in [5.41, 5.74) is 0.845. The maximum absolute atomic E-state index is 9.12. The fraction of sp³-hybridized carbons (Fsp3) is 0.727. The highest BCUT2D eigenvalue weighted by molar-refractivity contribution is 4.96. The van der Waals surface area contributed by atoms with Crippen molar-refractivity contribution in [3.63, 3.8) is 0 Å². The number of ether oxygens (including phenoxy) is 1. The first-order chi connectivity index (χ1) is 7.83. The molecule has 90 valence electrons. The van der Waals surface area contributed by atoms with Crippen LogP contribution < -0.4 is 0 Å². The van der Waals surface area contributed by atoms with Gasteiger partial charge < -0.3 is 14.4 Å². The van der Waals surface area contributed by atoms with Crippen LogP contribution in [0.25, 0.3) is 0 Å². The number of imidazole rings is 1. The summed E-state index contributed by atoms with van der Waals surface area (Å²) in [4.78, 5) is 6.41. The maximum atomic E-state index is 9.12. The molecule has 1 aliphatic rings. The van der Waals surface area contributed by atoms with Crippen molar-refractivity contribution in [2.45, 2.75) is 26.2 Å². The van der Waals surface area contributed by atoms with Crippen LogP contribution in [0, 0.1) is 0 Å². The van der Waals surface area contributed by atoms with Gasteiger partial charge in [-0.25, -0.2) is 4.98 Å². The number of aromatic nitrogens is 2. The van der Waals surface area contributed by atoms with Gasteiger partial charge in [0.05, 0.1) is 44.1 Å². The van der Waals surface area contributed by atoms with Gasteiger partial charge in [0, 0.05) is 13.1 Å². The lowest BCUT2D eigenvalue weighted by atomic mass is 10.2. The average molecular weight is 225 g/mol. The Balaban J connectivity index is 1.93. The van der Waals surface area contributed by atoms with E-state index in [9.17, 15) is 0 Å². The Morgan fingerprint density at radius 1 is 1.62 bits per heavy atom. The molecule has 0 radical (unpaired) electrons. The van der Waals surface area contributed by atoms with E-state index in [1.54, 1.807) is 12.5 Å². The minimum Gasteiger partial charge on any atom is -0.390 e. The average Bonchev–Trinajstić information content (AvgIpc) is 2.76. The Bertz CT molecular complexity index is 327. The molecule has 1 aromatic heterocycles. The third-order valence-corrected chi connectivity index (χ3v) is 3.03. The zero-order valence-corrected chi connectivity index (χ0v) is 9.67. The summed E-state index contributed by atoms with van der Waals surface area (Å²) in [7, 11) is 0. The highest BCUT2D eigenvalue weighted by atomic mass is 16.5. The Hall–Kier alpha value is -0.910. The quantitative estimate of drug-likeness (QED) is 0.789. The second-order valence-electron chi connectivity index (χ2n) is 4.08. The first-order valence-corrected chi connectivity index (χ1v) is 5.77. The van der Waals surface area contributed by atoms with Crippen LogP contribution in [-0.2, 0) is 17.9 Å². The second-order valence-corrected chi connectivity index (χ2v) is 4.08. The lowest BCUT2D eigenvalue weighted by molar-refractivity contribution is -0.0348. The largest absolute Gasteiger partial charge is 0.390 e. The third kappa shape index (κ3) is 2.61. The van der Waals surface area contributed by atoms with Crippen molar-refractivity contribution >= 4 is 0 Å². The number of nitrogens with zero attached hydrogens (tertiary/aromatic N) is 3. The molecule has 0 aromatic carbocycles. The van der Waals surface area contributed by atoms with Crippen molar-refractivity contribution in [2.75, 3.05) is 26.2 Å². The molecule has 2 rings (SSSR count). The predicted octanol–water partition coefficient (Wildman–Crippen LogP) is 0.0961. The minimum atomic E-state index is 0.0320. The molecule has 2 heterocycles. The summed E-state index contributed by atoms with van der Waals surface area (Å²) in [5, 5.41) is 9.12. The molecule has 0 amide bonds. The molecule has 16 heavy (non-hydrogen) atoms. The van der Waals surface area contributed by atoms with Crippen molar-refractivity contribution < 1.29 is 9.84 Å². The zero-order chi connectivity index (χ0) is 11.4. The minimum absolute atomic E-state index is 0.0320. The fourth-order valence-electron chi connectivity index (χ4n) is 2.04. The molecule has 0 bridgehead atoms. The van der Waals surface area contributed by atoms with Crippen LogP contribution in [0.15, 0.2) is 12.5 Å². The number of aliphatic hydroxyl groups is 1. The van der Waals surface area contributed by atoms with Crippen LogP contribution in [0.2, 0.25) is 0 Å². The molecule has 1 unspecified atom stereocenters. The molecule has 1 aliphatic heterocycles. The van der Waals surface area contributed by atoms with Gasteiger partial charge in [-0.15, -0.1) is 0 Å². The third-order valence-electron chi connectivity index (χ3n) is 3.03. The van der Waals surface area contributed by atoms with Gasteiger partial charge in [-0.3, -0.25) is 4.90 Å². The Morgan fingerprint density at radius 3 is 3.25 bits per heavy atom. The van der Waals surface area contributed by atoms with E-state index in [-0.39, 0.29) is 12.7 Å². The van der Waals surface area contributed by atoms with E-state index >= 15 is 0 Å². The Kier molecular flexibility index (Phi) is 3.93. The van der Waals surface area contributed by atoms with Crippen molar-refractivity contribution in [1.29, 1.82) is 0 Å². The van der Waals surface area contributed by atoms with Gasteiger partial charge in [0.1, 0.15) is 0 Å². The van der Waals surface area contributed by atoms with Crippen molar-refractivity contribution in [2.24, 2.45) is 0 Å². The van der Waals surface area contributed by atoms with Gasteiger partial charge >= 0.3 is 0 Å². The van der Waals surface area contributed by atoms with Crippen LogP contribution in [0.1, 0.15) is 12.6 Å². The van der Waals surface area contributed by atoms with Crippen LogP contribution in [0.5, 0.6) is 0 Å². The van der Waals surface area contributed by atoms with Gasteiger partial charge in [0.2, 0.25) is 0 Å². The maximum Gasteiger partial charge on any atom is 0.0949 e. The molecule has 0 spiro atoms. The van der Waals surface area contributed by atoms with E-state index in [4.69, 9.17) is 9.84 Å². The summed E-state index contributed by atoms with van der Waals surface area (Å²) in [6, 6.07) is 0. The van der Waals surface area contributed by atoms with Gasteiger partial charge in [-0.1, -0.05) is 6.92 Å². The molecule has 1 fully saturated rings. The molecule has 1 N–H and O–H groups in total. The molecule has 0 saturated carbocycles. The molecule has 1 saturated heterocycles. The highest BCUT2D eigenvalue weighted by Crippen LogP contribution is 2.09. The van der Waals surface area contributed by atoms with E-state index in [2.05, 4.69) is 16.8 Å². The number of hydrogen-bond acceptors (Lipinski definition) is 4. The molecule has 1 atom stereocenters. The summed E-state index contributed by atoms with van der Waals surface area (Å²) in [5.74, 6) is 0. The monoisotopic (exact) mass is 225 g/mol. The lowest BCUT2D eigenvalue weighted by Crippen LogP contribution is -2.44. The fourth-order valence-corrected chi connectivity index (χ4v) is 2.04. The van der Waals surface area contributed by atoms with Crippen LogP contribution in [0.3, 0.4) is 0 Å². The smallest absolute Gasteiger partial charge is 0.0949 e. The highest BCUT2D eigenvalue weighted by Gasteiger charge is 2.20. The first kappa shape index (κ1) is 11.6. The van der Waals surface area contributed by atoms with E-state index in [0.717, 1.165) is 38.5 Å². The SMILES string of the molecule is CCN1CCOC(Cn2cncc2CO)C1. The number of rotatable bonds is 4. The molecule has 1 aromatic rings. The van der Waals surface area contributed by atoms with Crippen molar-refractivity contribution in [3.8, 4) is 0 Å². The zero-order valence-electron chi connectivity index (χ0n) is 9.67. The molecular formula is C11H19N3O2. The summed E-state index contributed by atoms with van der Waals surface area (Å²) >= 11 is 0. The Labute approximate surface area is 95.7 Å². The van der Waals surface area contributed by atoms with Crippen LogP contribution >= 0.6 is 0 Å². The van der Waals surface area contributed by atoms with Crippen LogP contribution in [-0.4, -0.2) is 51.9 Å². The standard InChI is InChI=1S/C11H19N3O2/c1-2-13-3-4-16-11(6-13)7-14-9-12-5-10(14)8-15/h5,9,11,15H,2-4,6-8H2,1H3. The van der Waals surface area contributed by atoms with Gasteiger partial charge in [0.25, 0.3) is 0 Å². The Morgan fingerprint density at radius 2 is 2.50 bits per heavy atom. The number of morpholine rings is 1. The van der Waals surface area contributed by atoms with E-state index in [1.807, 2.05) is 4.57 Å². The predicted molar refractivity (Wildman–Crippen MR) is 60.0 cm³/mol. The molecule has 0 aliphatic carbocycles. The van der Waals surface area contributed by atoms with Crippen molar-refractivity contribution in [3.05, 3.63) is 18.2 Å². The summed E-state index contributed by atoms with van der Waals surface area (Å²) in [6.45, 7) is 6.80. The van der Waals surface area contributed by atoms with Gasteiger partial charge in [-0.05, 0) is 6.54 Å². The van der Waals surface area contributed by atoms with Crippen molar-refractivity contribution in [1.82, 2.24) is 14.5 Å². The number of aliphatic hydroxyl groups excluding tert-OH is 1. The normalized spacial score (nSPS) is 22.5. The molecule has 5 heteroatoms. The van der Waals surface area contributed by atoms with E-state index in [1.165, 1.54) is 0 Å². The molecule has 5 nitrogen and oxygen atoms in total.